The Morgan fingerprint density at radius 2 is 2.21 bits per heavy atom. The molecule has 2 aliphatic heterocycles. The number of azide groups is 1. The Labute approximate surface area is 137 Å². The zero-order chi connectivity index (χ0) is 17.1. The largest absolute Gasteiger partial charge is 0.385 e. The zero-order valence-corrected chi connectivity index (χ0v) is 12.9. The minimum absolute atomic E-state index is 0.194. The number of carbonyl (C=O) groups excluding carboxylic acids is 3. The van der Waals surface area contributed by atoms with E-state index in [0.717, 1.165) is 11.3 Å². The summed E-state index contributed by atoms with van der Waals surface area (Å²) in [7, 11) is 0. The van der Waals surface area contributed by atoms with Crippen LogP contribution in [0.2, 0.25) is 0 Å². The van der Waals surface area contributed by atoms with Gasteiger partial charge >= 0.3 is 0 Å². The van der Waals surface area contributed by atoms with Crippen LogP contribution in [0, 0.1) is 0 Å². The van der Waals surface area contributed by atoms with E-state index >= 15 is 0 Å². The van der Waals surface area contributed by atoms with Gasteiger partial charge in [-0.3, -0.25) is 19.7 Å². The molecule has 3 rings (SSSR count). The zero-order valence-electron chi connectivity index (χ0n) is 12.9. The highest BCUT2D eigenvalue weighted by molar-refractivity contribution is 6.05. The molecule has 0 bridgehead atoms. The second-order valence-corrected chi connectivity index (χ2v) is 5.65. The maximum atomic E-state index is 12.5. The van der Waals surface area contributed by atoms with Crippen LogP contribution < -0.4 is 10.6 Å². The van der Waals surface area contributed by atoms with Crippen LogP contribution in [0.1, 0.15) is 28.8 Å². The number of amides is 3. The predicted molar refractivity (Wildman–Crippen MR) is 85.0 cm³/mol. The van der Waals surface area contributed by atoms with E-state index < -0.39 is 11.9 Å². The lowest BCUT2D eigenvalue weighted by Gasteiger charge is -2.29. The first-order valence-corrected chi connectivity index (χ1v) is 7.62. The fourth-order valence-corrected chi connectivity index (χ4v) is 2.98. The van der Waals surface area contributed by atoms with Crippen molar-refractivity contribution in [2.45, 2.75) is 25.4 Å². The second kappa shape index (κ2) is 6.59. The van der Waals surface area contributed by atoms with Crippen LogP contribution in [-0.2, 0) is 16.1 Å². The Bertz CT molecular complexity index is 756. The Hall–Kier alpha value is -3.06. The van der Waals surface area contributed by atoms with E-state index in [9.17, 15) is 14.4 Å². The van der Waals surface area contributed by atoms with E-state index in [1.54, 1.807) is 12.1 Å². The number of carbonyl (C=O) groups is 3. The molecular formula is C15H16N6O3. The molecule has 1 saturated heterocycles. The number of piperidine rings is 1. The normalized spacial score (nSPS) is 19.6. The SMILES string of the molecule is [N-]=[N+]=NCCNc1ccc2c(c1)CN(C1CCC(=O)NC1=O)C2=O. The van der Waals surface area contributed by atoms with Gasteiger partial charge in [0, 0.05) is 42.2 Å². The lowest BCUT2D eigenvalue weighted by molar-refractivity contribution is -0.136. The molecule has 0 aliphatic carbocycles. The molecule has 1 unspecified atom stereocenters. The van der Waals surface area contributed by atoms with Crippen molar-refractivity contribution in [3.05, 3.63) is 39.8 Å². The molecule has 2 aliphatic rings. The minimum Gasteiger partial charge on any atom is -0.385 e. The summed E-state index contributed by atoms with van der Waals surface area (Å²) < 4.78 is 0. The number of fused-ring (bicyclic) bond motifs is 1. The van der Waals surface area contributed by atoms with Crippen molar-refractivity contribution in [3.8, 4) is 0 Å². The topological polar surface area (TPSA) is 127 Å². The predicted octanol–water partition coefficient (Wildman–Crippen LogP) is 1.17. The number of anilines is 1. The molecule has 0 radical (unpaired) electrons. The van der Waals surface area contributed by atoms with Crippen LogP contribution in [0.15, 0.2) is 23.3 Å². The van der Waals surface area contributed by atoms with Crippen molar-refractivity contribution in [2.75, 3.05) is 18.4 Å². The first kappa shape index (κ1) is 15.8. The number of benzene rings is 1. The summed E-state index contributed by atoms with van der Waals surface area (Å²) in [5, 5.41) is 8.84. The van der Waals surface area contributed by atoms with Gasteiger partial charge in [-0.05, 0) is 35.7 Å². The summed E-state index contributed by atoms with van der Waals surface area (Å²) in [5.41, 5.74) is 10.5. The molecular weight excluding hydrogens is 312 g/mol. The van der Waals surface area contributed by atoms with Crippen molar-refractivity contribution >= 4 is 23.4 Å². The Kier molecular flexibility index (Phi) is 4.35. The van der Waals surface area contributed by atoms with E-state index in [0.29, 0.717) is 31.6 Å². The van der Waals surface area contributed by atoms with Gasteiger partial charge in [-0.2, -0.15) is 0 Å². The number of rotatable bonds is 5. The highest BCUT2D eigenvalue weighted by Crippen LogP contribution is 2.29. The molecule has 1 fully saturated rings. The fourth-order valence-electron chi connectivity index (χ4n) is 2.98. The molecule has 0 spiro atoms. The summed E-state index contributed by atoms with van der Waals surface area (Å²) in [4.78, 5) is 39.9. The third kappa shape index (κ3) is 3.02. The van der Waals surface area contributed by atoms with Crippen molar-refractivity contribution in [3.63, 3.8) is 0 Å². The highest BCUT2D eigenvalue weighted by Gasteiger charge is 2.38. The molecule has 0 aromatic heterocycles. The van der Waals surface area contributed by atoms with E-state index in [1.807, 2.05) is 6.07 Å². The second-order valence-electron chi connectivity index (χ2n) is 5.65. The Morgan fingerprint density at radius 3 is 2.96 bits per heavy atom. The summed E-state index contributed by atoms with van der Waals surface area (Å²) in [6.07, 6.45) is 0.588. The monoisotopic (exact) mass is 328 g/mol. The highest BCUT2D eigenvalue weighted by atomic mass is 16.2. The number of nitrogens with zero attached hydrogens (tertiary/aromatic N) is 4. The first-order valence-electron chi connectivity index (χ1n) is 7.62. The van der Waals surface area contributed by atoms with Crippen molar-refractivity contribution < 1.29 is 14.4 Å². The number of hydrogen-bond donors (Lipinski definition) is 2. The van der Waals surface area contributed by atoms with Gasteiger partial charge in [-0.25, -0.2) is 0 Å². The smallest absolute Gasteiger partial charge is 0.255 e. The number of nitrogens with one attached hydrogen (secondary N) is 2. The number of hydrogen-bond acceptors (Lipinski definition) is 5. The van der Waals surface area contributed by atoms with Gasteiger partial charge in [0.25, 0.3) is 5.91 Å². The van der Waals surface area contributed by atoms with Gasteiger partial charge in [0.2, 0.25) is 11.8 Å². The van der Waals surface area contributed by atoms with Gasteiger partial charge in [-0.1, -0.05) is 5.11 Å². The minimum atomic E-state index is -0.607. The van der Waals surface area contributed by atoms with E-state index in [1.165, 1.54) is 4.90 Å². The first-order chi connectivity index (χ1) is 11.6. The standard InChI is InChI=1S/C15H16N6O3/c16-20-18-6-5-17-10-1-2-11-9(7-10)8-21(15(11)24)12-3-4-13(22)19-14(12)23/h1-2,7,12,17H,3-6,8H2,(H,19,22,23). The summed E-state index contributed by atoms with van der Waals surface area (Å²) in [6.45, 7) is 1.16. The number of imide groups is 1. The van der Waals surface area contributed by atoms with Crippen LogP contribution in [0.5, 0.6) is 0 Å². The summed E-state index contributed by atoms with van der Waals surface area (Å²) in [5.74, 6) is -0.910. The van der Waals surface area contributed by atoms with Crippen LogP contribution in [0.25, 0.3) is 10.4 Å². The molecule has 9 nitrogen and oxygen atoms in total. The van der Waals surface area contributed by atoms with E-state index in [2.05, 4.69) is 20.7 Å². The molecule has 1 aromatic rings. The van der Waals surface area contributed by atoms with Crippen LogP contribution >= 0.6 is 0 Å². The third-order valence-electron chi connectivity index (χ3n) is 4.13. The van der Waals surface area contributed by atoms with Gasteiger partial charge in [0.1, 0.15) is 6.04 Å². The van der Waals surface area contributed by atoms with Gasteiger partial charge < -0.3 is 10.2 Å². The van der Waals surface area contributed by atoms with Crippen LogP contribution in [0.4, 0.5) is 5.69 Å². The molecule has 124 valence electrons. The van der Waals surface area contributed by atoms with Gasteiger partial charge in [0.05, 0.1) is 0 Å². The van der Waals surface area contributed by atoms with Crippen molar-refractivity contribution in [1.29, 1.82) is 0 Å². The third-order valence-corrected chi connectivity index (χ3v) is 4.13. The molecule has 1 aromatic carbocycles. The molecule has 24 heavy (non-hydrogen) atoms. The Morgan fingerprint density at radius 1 is 1.38 bits per heavy atom. The average molecular weight is 328 g/mol. The van der Waals surface area contributed by atoms with Gasteiger partial charge in [0.15, 0.2) is 0 Å². The summed E-state index contributed by atoms with van der Waals surface area (Å²) in [6, 6.07) is 4.75. The van der Waals surface area contributed by atoms with Crippen LogP contribution in [0.3, 0.4) is 0 Å². The summed E-state index contributed by atoms with van der Waals surface area (Å²) >= 11 is 0. The molecule has 2 heterocycles. The molecule has 0 saturated carbocycles. The van der Waals surface area contributed by atoms with E-state index in [4.69, 9.17) is 5.53 Å². The van der Waals surface area contributed by atoms with Crippen molar-refractivity contribution in [2.24, 2.45) is 5.11 Å². The average Bonchev–Trinajstić information content (AvgIpc) is 2.88. The molecule has 1 atom stereocenters. The maximum absolute atomic E-state index is 12.5. The molecule has 9 heteroatoms. The van der Waals surface area contributed by atoms with Crippen molar-refractivity contribution in [1.82, 2.24) is 10.2 Å². The maximum Gasteiger partial charge on any atom is 0.255 e. The fraction of sp³-hybridized carbons (Fsp3) is 0.400. The Balaban J connectivity index is 1.71. The molecule has 2 N–H and O–H groups in total. The lowest BCUT2D eigenvalue weighted by Crippen LogP contribution is -2.52. The van der Waals surface area contributed by atoms with Crippen LogP contribution in [-0.4, -0.2) is 41.8 Å². The van der Waals surface area contributed by atoms with Gasteiger partial charge in [-0.15, -0.1) is 0 Å². The lowest BCUT2D eigenvalue weighted by atomic mass is 10.0. The quantitative estimate of drug-likeness (QED) is 0.276. The van der Waals surface area contributed by atoms with E-state index in [-0.39, 0.29) is 18.2 Å². The molecule has 3 amide bonds.